The maximum Gasteiger partial charge on any atom is 0.231 e. The Morgan fingerprint density at radius 2 is 1.78 bits per heavy atom. The van der Waals surface area contributed by atoms with E-state index in [0.29, 0.717) is 11.3 Å². The molecule has 1 N–H and O–H groups in total. The van der Waals surface area contributed by atoms with E-state index in [-0.39, 0.29) is 12.5 Å². The van der Waals surface area contributed by atoms with Crippen LogP contribution in [0.4, 0.5) is 5.69 Å². The van der Waals surface area contributed by atoms with Gasteiger partial charge in [0.1, 0.15) is 0 Å². The average Bonchev–Trinajstić information content (AvgIpc) is 3.14. The van der Waals surface area contributed by atoms with Crippen LogP contribution in [0.15, 0.2) is 36.4 Å². The van der Waals surface area contributed by atoms with Crippen molar-refractivity contribution in [1.29, 1.82) is 0 Å². The fraction of sp³-hybridized carbons (Fsp3) is 0.238. The third-order valence-corrected chi connectivity index (χ3v) is 5.35. The molecule has 6 heteroatoms. The van der Waals surface area contributed by atoms with Crippen LogP contribution in [-0.2, 0) is 4.74 Å². The Hall–Kier alpha value is -3.12. The predicted molar refractivity (Wildman–Crippen MR) is 102 cm³/mol. The van der Waals surface area contributed by atoms with Gasteiger partial charge in [-0.1, -0.05) is 12.1 Å². The number of hydrogen-bond acceptors (Lipinski definition) is 6. The number of aromatic hydroxyl groups is 1. The number of benzene rings is 3. The number of hydrogen-bond donors (Lipinski definition) is 1. The molecular formula is C21H19NO5. The Labute approximate surface area is 156 Å². The van der Waals surface area contributed by atoms with Crippen LogP contribution in [0.1, 0.15) is 11.8 Å². The highest BCUT2D eigenvalue weighted by atomic mass is 16.7. The van der Waals surface area contributed by atoms with Crippen LogP contribution in [-0.4, -0.2) is 33.2 Å². The molecule has 0 spiro atoms. The molecule has 2 aliphatic heterocycles. The smallest absolute Gasteiger partial charge is 0.231 e. The molecule has 1 atom stereocenters. The molecular weight excluding hydrogens is 346 g/mol. The molecule has 0 unspecified atom stereocenters. The van der Waals surface area contributed by atoms with Crippen molar-refractivity contribution in [2.75, 3.05) is 33.0 Å². The molecule has 0 amide bonds. The number of fused-ring (bicyclic) bond motifs is 6. The van der Waals surface area contributed by atoms with Crippen LogP contribution in [0.5, 0.6) is 23.0 Å². The van der Waals surface area contributed by atoms with Gasteiger partial charge in [0.2, 0.25) is 6.79 Å². The lowest BCUT2D eigenvalue weighted by atomic mass is 9.88. The summed E-state index contributed by atoms with van der Waals surface area (Å²) in [5.41, 5.74) is 3.67. The lowest BCUT2D eigenvalue weighted by Gasteiger charge is -2.38. The second kappa shape index (κ2) is 5.69. The van der Waals surface area contributed by atoms with Gasteiger partial charge in [0.05, 0.1) is 18.4 Å². The van der Waals surface area contributed by atoms with Gasteiger partial charge in [-0.15, -0.1) is 0 Å². The number of ether oxygens (including phenoxy) is 4. The summed E-state index contributed by atoms with van der Waals surface area (Å²) >= 11 is 0. The van der Waals surface area contributed by atoms with E-state index in [2.05, 4.69) is 12.1 Å². The van der Waals surface area contributed by atoms with Gasteiger partial charge in [-0.25, -0.2) is 0 Å². The molecule has 0 aliphatic carbocycles. The molecule has 6 nitrogen and oxygen atoms in total. The van der Waals surface area contributed by atoms with E-state index >= 15 is 0 Å². The van der Waals surface area contributed by atoms with E-state index < -0.39 is 6.23 Å². The Morgan fingerprint density at radius 1 is 1.04 bits per heavy atom. The van der Waals surface area contributed by atoms with E-state index in [0.717, 1.165) is 39.1 Å². The maximum atomic E-state index is 10.8. The summed E-state index contributed by atoms with van der Waals surface area (Å²) < 4.78 is 22.1. The largest absolute Gasteiger partial charge is 0.504 e. The van der Waals surface area contributed by atoms with Crippen LogP contribution >= 0.6 is 0 Å². The van der Waals surface area contributed by atoms with Crippen molar-refractivity contribution in [3.8, 4) is 34.1 Å². The minimum atomic E-state index is -0.446. The van der Waals surface area contributed by atoms with Gasteiger partial charge in [-0.3, -0.25) is 0 Å². The van der Waals surface area contributed by atoms with Gasteiger partial charge in [-0.05, 0) is 35.2 Å². The van der Waals surface area contributed by atoms with E-state index in [1.807, 2.05) is 30.1 Å². The number of anilines is 1. The summed E-state index contributed by atoms with van der Waals surface area (Å²) in [5.74, 6) is 2.02. The van der Waals surface area contributed by atoms with E-state index in [4.69, 9.17) is 18.9 Å². The fourth-order valence-corrected chi connectivity index (χ4v) is 4.12. The first-order valence-corrected chi connectivity index (χ1v) is 8.66. The van der Waals surface area contributed by atoms with Crippen molar-refractivity contribution in [3.63, 3.8) is 0 Å². The zero-order valence-electron chi connectivity index (χ0n) is 15.3. The summed E-state index contributed by atoms with van der Waals surface area (Å²) in [5, 5.41) is 12.9. The summed E-state index contributed by atoms with van der Waals surface area (Å²) in [6.07, 6.45) is -0.446. The highest BCUT2D eigenvalue weighted by Crippen LogP contribution is 2.53. The minimum Gasteiger partial charge on any atom is -0.504 e. The molecule has 3 aromatic rings. The Bertz CT molecular complexity index is 1080. The van der Waals surface area contributed by atoms with Crippen LogP contribution in [0.25, 0.3) is 21.9 Å². The van der Waals surface area contributed by atoms with Crippen molar-refractivity contribution >= 4 is 16.5 Å². The third kappa shape index (κ3) is 2.10. The van der Waals surface area contributed by atoms with Gasteiger partial charge in [-0.2, -0.15) is 0 Å². The minimum absolute atomic E-state index is 0.102. The van der Waals surface area contributed by atoms with Gasteiger partial charge in [0.15, 0.2) is 29.2 Å². The Morgan fingerprint density at radius 3 is 2.52 bits per heavy atom. The number of phenols is 1. The molecule has 2 heterocycles. The van der Waals surface area contributed by atoms with Gasteiger partial charge in [0.25, 0.3) is 0 Å². The monoisotopic (exact) mass is 365 g/mol. The van der Waals surface area contributed by atoms with Gasteiger partial charge >= 0.3 is 0 Å². The highest BCUT2D eigenvalue weighted by molar-refractivity contribution is 6.05. The highest BCUT2D eigenvalue weighted by Gasteiger charge is 2.34. The SMILES string of the molecule is COc1ccc2c(c1O)[C@@H](OC)N(C)c1c-2ccc2cc3c(cc12)OCO3. The molecule has 0 fully saturated rings. The van der Waals surface area contributed by atoms with Crippen molar-refractivity contribution in [2.24, 2.45) is 0 Å². The molecule has 5 rings (SSSR count). The number of nitrogens with zero attached hydrogens (tertiary/aromatic N) is 1. The van der Waals surface area contributed by atoms with Crippen molar-refractivity contribution in [2.45, 2.75) is 6.23 Å². The number of rotatable bonds is 2. The lowest BCUT2D eigenvalue weighted by Crippen LogP contribution is -2.30. The second-order valence-electron chi connectivity index (χ2n) is 6.66. The first-order chi connectivity index (χ1) is 13.1. The van der Waals surface area contributed by atoms with Gasteiger partial charge < -0.3 is 29.0 Å². The molecule has 2 aliphatic rings. The van der Waals surface area contributed by atoms with Crippen LogP contribution in [0, 0.1) is 0 Å². The van der Waals surface area contributed by atoms with Gasteiger partial charge in [0, 0.05) is 25.1 Å². The first kappa shape index (κ1) is 16.1. The molecule has 0 saturated heterocycles. The van der Waals surface area contributed by atoms with E-state index in [1.165, 1.54) is 0 Å². The number of phenolic OH excluding ortho intramolecular Hbond substituents is 1. The van der Waals surface area contributed by atoms with E-state index in [1.54, 1.807) is 20.3 Å². The Kier molecular flexibility index (Phi) is 3.39. The summed E-state index contributed by atoms with van der Waals surface area (Å²) in [6.45, 7) is 0.237. The maximum absolute atomic E-state index is 10.8. The molecule has 138 valence electrons. The van der Waals surface area contributed by atoms with E-state index in [9.17, 15) is 5.11 Å². The summed E-state index contributed by atoms with van der Waals surface area (Å²) in [6, 6.07) is 11.9. The lowest BCUT2D eigenvalue weighted by molar-refractivity contribution is 0.101. The molecule has 0 saturated carbocycles. The molecule has 0 radical (unpaired) electrons. The van der Waals surface area contributed by atoms with Crippen molar-refractivity contribution in [3.05, 3.63) is 42.0 Å². The van der Waals surface area contributed by atoms with Crippen LogP contribution in [0.3, 0.4) is 0 Å². The topological polar surface area (TPSA) is 60.4 Å². The fourth-order valence-electron chi connectivity index (χ4n) is 4.12. The predicted octanol–water partition coefficient (Wildman–Crippen LogP) is 4.04. The third-order valence-electron chi connectivity index (χ3n) is 5.35. The summed E-state index contributed by atoms with van der Waals surface area (Å²) in [4.78, 5) is 2.03. The first-order valence-electron chi connectivity index (χ1n) is 8.66. The normalized spacial score (nSPS) is 17.0. The quantitative estimate of drug-likeness (QED) is 0.739. The molecule has 3 aromatic carbocycles. The van der Waals surface area contributed by atoms with Crippen LogP contribution in [0.2, 0.25) is 0 Å². The molecule has 0 aromatic heterocycles. The average molecular weight is 365 g/mol. The zero-order valence-corrected chi connectivity index (χ0v) is 15.3. The second-order valence-corrected chi connectivity index (χ2v) is 6.66. The number of methoxy groups -OCH3 is 2. The standard InChI is InChI=1S/C21H19NO5/c1-22-19-13(5-4-11-8-16-17(9-14(11)19)27-10-26-16)12-6-7-15(24-2)20(23)18(12)21(22)25-3/h4-9,21,23H,10H2,1-3H3/t21-/m1/s1. The molecule has 0 bridgehead atoms. The Balaban J connectivity index is 1.84. The summed E-state index contributed by atoms with van der Waals surface area (Å²) in [7, 11) is 5.13. The van der Waals surface area contributed by atoms with Crippen molar-refractivity contribution < 1.29 is 24.1 Å². The molecule has 27 heavy (non-hydrogen) atoms. The van der Waals surface area contributed by atoms with Crippen LogP contribution < -0.4 is 19.1 Å². The zero-order chi connectivity index (χ0) is 18.7. The van der Waals surface area contributed by atoms with Crippen molar-refractivity contribution in [1.82, 2.24) is 0 Å².